The Balaban J connectivity index is 2.83. The highest BCUT2D eigenvalue weighted by Gasteiger charge is 2.19. The molecule has 0 aliphatic heterocycles. The molecule has 0 fully saturated rings. The molecule has 0 saturated carbocycles. The van der Waals surface area contributed by atoms with Crippen LogP contribution in [0.3, 0.4) is 0 Å². The molecule has 0 spiro atoms. The normalized spacial score (nSPS) is 14.6. The van der Waals surface area contributed by atoms with Crippen molar-refractivity contribution in [3.63, 3.8) is 0 Å². The molecule has 0 aromatic heterocycles. The van der Waals surface area contributed by atoms with Crippen LogP contribution in [0.5, 0.6) is 0 Å². The van der Waals surface area contributed by atoms with Gasteiger partial charge in [-0.25, -0.2) is 4.39 Å². The summed E-state index contributed by atoms with van der Waals surface area (Å²) in [6.07, 6.45) is 1.62. The molecule has 2 nitrogen and oxygen atoms in total. The number of halogens is 2. The van der Waals surface area contributed by atoms with E-state index in [-0.39, 0.29) is 18.0 Å². The topological polar surface area (TPSA) is 21.3 Å². The summed E-state index contributed by atoms with van der Waals surface area (Å²) < 4.78 is 19.9. The predicted octanol–water partition coefficient (Wildman–Crippen LogP) is 3.14. The first-order valence-electron chi connectivity index (χ1n) is 5.76. The first-order valence-corrected chi connectivity index (χ1v) is 6.55. The molecule has 4 heteroatoms. The number of hydrogen-bond acceptors (Lipinski definition) is 2. The molecule has 2 atom stereocenters. The van der Waals surface area contributed by atoms with E-state index in [4.69, 9.17) is 4.74 Å². The fourth-order valence-corrected chi connectivity index (χ4v) is 2.38. The molecule has 1 aromatic carbocycles. The minimum atomic E-state index is -0.167. The molecule has 0 heterocycles. The fraction of sp³-hybridized carbons (Fsp3) is 0.538. The zero-order chi connectivity index (χ0) is 12.8. The monoisotopic (exact) mass is 303 g/mol. The van der Waals surface area contributed by atoms with Gasteiger partial charge in [-0.2, -0.15) is 0 Å². The summed E-state index contributed by atoms with van der Waals surface area (Å²) in [6, 6.07) is 5.14. The second-order valence-corrected chi connectivity index (χ2v) is 4.93. The van der Waals surface area contributed by atoms with Crippen molar-refractivity contribution in [1.29, 1.82) is 0 Å². The highest BCUT2D eigenvalue weighted by atomic mass is 79.9. The molecule has 0 bridgehead atoms. The number of likely N-dealkylation sites (N-methyl/N-ethyl adjacent to an activating group) is 1. The molecule has 17 heavy (non-hydrogen) atoms. The third-order valence-corrected chi connectivity index (χ3v) is 3.47. The van der Waals surface area contributed by atoms with Crippen molar-refractivity contribution >= 4 is 15.9 Å². The molecule has 1 N–H and O–H groups in total. The van der Waals surface area contributed by atoms with Gasteiger partial charge in [-0.1, -0.05) is 22.9 Å². The summed E-state index contributed by atoms with van der Waals surface area (Å²) in [7, 11) is 3.57. The largest absolute Gasteiger partial charge is 0.380 e. The van der Waals surface area contributed by atoms with Crippen LogP contribution >= 0.6 is 15.9 Å². The molecule has 2 unspecified atom stereocenters. The summed E-state index contributed by atoms with van der Waals surface area (Å²) >= 11 is 3.36. The van der Waals surface area contributed by atoms with Crippen molar-refractivity contribution in [2.24, 2.45) is 0 Å². The van der Waals surface area contributed by atoms with E-state index in [1.54, 1.807) is 13.2 Å². The van der Waals surface area contributed by atoms with Gasteiger partial charge in [0.1, 0.15) is 5.82 Å². The van der Waals surface area contributed by atoms with Crippen molar-refractivity contribution in [1.82, 2.24) is 5.32 Å². The van der Waals surface area contributed by atoms with Crippen LogP contribution in [0.25, 0.3) is 0 Å². The lowest BCUT2D eigenvalue weighted by Gasteiger charge is -2.25. The van der Waals surface area contributed by atoms with Crippen molar-refractivity contribution in [2.75, 3.05) is 14.2 Å². The van der Waals surface area contributed by atoms with Crippen LogP contribution in [-0.2, 0) is 11.2 Å². The lowest BCUT2D eigenvalue weighted by molar-refractivity contribution is 0.0675. The van der Waals surface area contributed by atoms with E-state index in [2.05, 4.69) is 28.2 Å². The van der Waals surface area contributed by atoms with Crippen molar-refractivity contribution in [2.45, 2.75) is 31.9 Å². The van der Waals surface area contributed by atoms with Crippen LogP contribution in [-0.4, -0.2) is 26.3 Å². The van der Waals surface area contributed by atoms with Crippen LogP contribution < -0.4 is 5.32 Å². The second-order valence-electron chi connectivity index (χ2n) is 4.02. The Morgan fingerprint density at radius 3 is 2.71 bits per heavy atom. The molecule has 0 aliphatic rings. The van der Waals surface area contributed by atoms with E-state index in [1.807, 2.05) is 13.1 Å². The summed E-state index contributed by atoms with van der Waals surface area (Å²) in [5, 5.41) is 3.19. The molecule has 1 aromatic rings. The van der Waals surface area contributed by atoms with Crippen molar-refractivity contribution in [3.8, 4) is 0 Å². The fourth-order valence-electron chi connectivity index (χ4n) is 1.97. The Kier molecular flexibility index (Phi) is 6.09. The standard InChI is InChI=1S/C13H19BrFNO/c1-4-13(17-3)12(16-2)8-9-7-10(14)5-6-11(9)15/h5-7,12-13,16H,4,8H2,1-3H3. The number of ether oxygens (including phenoxy) is 1. The van der Waals surface area contributed by atoms with Gasteiger partial charge in [0.05, 0.1) is 6.10 Å². The van der Waals surface area contributed by atoms with Gasteiger partial charge in [-0.15, -0.1) is 0 Å². The summed E-state index contributed by atoms with van der Waals surface area (Å²) in [6.45, 7) is 2.07. The van der Waals surface area contributed by atoms with Gasteiger partial charge in [0, 0.05) is 17.6 Å². The van der Waals surface area contributed by atoms with Gasteiger partial charge in [-0.3, -0.25) is 0 Å². The lowest BCUT2D eigenvalue weighted by Crippen LogP contribution is -2.40. The molecular formula is C13H19BrFNO. The van der Waals surface area contributed by atoms with E-state index >= 15 is 0 Å². The Morgan fingerprint density at radius 2 is 2.18 bits per heavy atom. The SMILES string of the molecule is CCC(OC)C(Cc1cc(Br)ccc1F)NC. The van der Waals surface area contributed by atoms with Crippen LogP contribution in [0.15, 0.2) is 22.7 Å². The summed E-state index contributed by atoms with van der Waals surface area (Å²) in [5.74, 6) is -0.167. The van der Waals surface area contributed by atoms with E-state index in [1.165, 1.54) is 6.07 Å². The summed E-state index contributed by atoms with van der Waals surface area (Å²) in [4.78, 5) is 0. The minimum absolute atomic E-state index is 0.0957. The molecule has 1 rings (SSSR count). The van der Waals surface area contributed by atoms with Crippen LogP contribution in [0.4, 0.5) is 4.39 Å². The molecule has 96 valence electrons. The average molecular weight is 304 g/mol. The Hall–Kier alpha value is -0.450. The van der Waals surface area contributed by atoms with Gasteiger partial charge in [0.25, 0.3) is 0 Å². The number of benzene rings is 1. The smallest absolute Gasteiger partial charge is 0.126 e. The first-order chi connectivity index (χ1) is 8.12. The number of methoxy groups -OCH3 is 1. The maximum atomic E-state index is 13.6. The van der Waals surface area contributed by atoms with E-state index in [0.717, 1.165) is 10.9 Å². The maximum Gasteiger partial charge on any atom is 0.126 e. The molecule has 0 aliphatic carbocycles. The van der Waals surface area contributed by atoms with E-state index in [0.29, 0.717) is 12.0 Å². The number of rotatable bonds is 6. The molecule has 0 radical (unpaired) electrons. The minimum Gasteiger partial charge on any atom is -0.380 e. The molecule has 0 amide bonds. The lowest BCUT2D eigenvalue weighted by atomic mass is 9.99. The average Bonchev–Trinajstić information content (AvgIpc) is 2.33. The molecule has 0 saturated heterocycles. The van der Waals surface area contributed by atoms with Gasteiger partial charge in [0.2, 0.25) is 0 Å². The zero-order valence-corrected chi connectivity index (χ0v) is 12.1. The van der Waals surface area contributed by atoms with Gasteiger partial charge >= 0.3 is 0 Å². The van der Waals surface area contributed by atoms with Crippen LogP contribution in [0.1, 0.15) is 18.9 Å². The maximum absolute atomic E-state index is 13.6. The van der Waals surface area contributed by atoms with Gasteiger partial charge < -0.3 is 10.1 Å². The third kappa shape index (κ3) is 4.05. The van der Waals surface area contributed by atoms with Gasteiger partial charge in [0.15, 0.2) is 0 Å². The summed E-state index contributed by atoms with van der Waals surface area (Å²) in [5.41, 5.74) is 0.703. The Labute approximate surface area is 111 Å². The predicted molar refractivity (Wildman–Crippen MR) is 71.7 cm³/mol. The highest BCUT2D eigenvalue weighted by molar-refractivity contribution is 9.10. The zero-order valence-electron chi connectivity index (χ0n) is 10.5. The quantitative estimate of drug-likeness (QED) is 0.872. The van der Waals surface area contributed by atoms with Crippen LogP contribution in [0, 0.1) is 5.82 Å². The van der Waals surface area contributed by atoms with Crippen molar-refractivity contribution in [3.05, 3.63) is 34.1 Å². The van der Waals surface area contributed by atoms with E-state index < -0.39 is 0 Å². The Bertz CT molecular complexity index is 355. The van der Waals surface area contributed by atoms with Crippen molar-refractivity contribution < 1.29 is 9.13 Å². The second kappa shape index (κ2) is 7.09. The number of nitrogens with one attached hydrogen (secondary N) is 1. The molecular weight excluding hydrogens is 285 g/mol. The Morgan fingerprint density at radius 1 is 1.47 bits per heavy atom. The number of hydrogen-bond donors (Lipinski definition) is 1. The highest BCUT2D eigenvalue weighted by Crippen LogP contribution is 2.18. The van der Waals surface area contributed by atoms with E-state index in [9.17, 15) is 4.39 Å². The van der Waals surface area contributed by atoms with Crippen LogP contribution in [0.2, 0.25) is 0 Å². The van der Waals surface area contributed by atoms with Gasteiger partial charge in [-0.05, 0) is 43.7 Å². The first kappa shape index (κ1) is 14.6. The third-order valence-electron chi connectivity index (χ3n) is 2.97.